The van der Waals surface area contributed by atoms with Crippen molar-refractivity contribution >= 4 is 11.6 Å². The van der Waals surface area contributed by atoms with Gasteiger partial charge in [0.15, 0.2) is 0 Å². The van der Waals surface area contributed by atoms with E-state index in [1.54, 1.807) is 18.3 Å². The highest BCUT2D eigenvalue weighted by Crippen LogP contribution is 2.26. The minimum absolute atomic E-state index is 0.0446. The second-order valence-electron chi connectivity index (χ2n) is 4.13. The van der Waals surface area contributed by atoms with Gasteiger partial charge in [0.2, 0.25) is 0 Å². The van der Waals surface area contributed by atoms with E-state index in [1.807, 2.05) is 26.2 Å². The molecule has 1 unspecified atom stereocenters. The van der Waals surface area contributed by atoms with Gasteiger partial charge in [0, 0.05) is 12.4 Å². The average Bonchev–Trinajstić information content (AvgIpc) is 2.37. The van der Waals surface area contributed by atoms with Crippen LogP contribution in [-0.2, 0) is 0 Å². The van der Waals surface area contributed by atoms with E-state index >= 15 is 0 Å². The highest BCUT2D eigenvalue weighted by Gasteiger charge is 2.15. The topological polar surface area (TPSA) is 24.9 Å². The molecule has 18 heavy (non-hydrogen) atoms. The third-order valence-electron chi connectivity index (χ3n) is 2.96. The smallest absolute Gasteiger partial charge is 0.141 e. The summed E-state index contributed by atoms with van der Waals surface area (Å²) in [5.41, 5.74) is 3.10. The fourth-order valence-corrected chi connectivity index (χ4v) is 2.16. The zero-order valence-corrected chi connectivity index (χ0v) is 11.0. The third-order valence-corrected chi connectivity index (χ3v) is 3.25. The van der Waals surface area contributed by atoms with Crippen molar-refractivity contribution in [3.8, 4) is 0 Å². The van der Waals surface area contributed by atoms with Gasteiger partial charge in [0.1, 0.15) is 5.82 Å². The van der Waals surface area contributed by atoms with Crippen LogP contribution in [0, 0.1) is 12.7 Å². The second kappa shape index (κ2) is 5.46. The van der Waals surface area contributed by atoms with Gasteiger partial charge in [0.25, 0.3) is 0 Å². The molecular formula is C14H14ClFN2. The summed E-state index contributed by atoms with van der Waals surface area (Å²) in [5.74, 6) is -0.404. The Hall–Kier alpha value is -1.45. The van der Waals surface area contributed by atoms with Gasteiger partial charge in [-0.05, 0) is 48.9 Å². The molecule has 2 nitrogen and oxygen atoms in total. The fraction of sp³-hybridized carbons (Fsp3) is 0.214. The molecule has 0 aliphatic carbocycles. The predicted octanol–water partition coefficient (Wildman–Crippen LogP) is 3.49. The van der Waals surface area contributed by atoms with Crippen molar-refractivity contribution in [1.82, 2.24) is 10.3 Å². The lowest BCUT2D eigenvalue weighted by Crippen LogP contribution is -2.19. The SMILES string of the molecule is CNC(c1ccc(F)c(Cl)c1)c1cnccc1C. The average molecular weight is 265 g/mol. The monoisotopic (exact) mass is 264 g/mol. The van der Waals surface area contributed by atoms with Gasteiger partial charge in [-0.15, -0.1) is 0 Å². The van der Waals surface area contributed by atoms with E-state index in [0.29, 0.717) is 0 Å². The van der Waals surface area contributed by atoms with Gasteiger partial charge >= 0.3 is 0 Å². The summed E-state index contributed by atoms with van der Waals surface area (Å²) in [5, 5.41) is 3.33. The molecule has 1 aromatic carbocycles. The Morgan fingerprint density at radius 3 is 2.72 bits per heavy atom. The highest BCUT2D eigenvalue weighted by atomic mass is 35.5. The summed E-state index contributed by atoms with van der Waals surface area (Å²) in [6, 6.07) is 6.66. The lowest BCUT2D eigenvalue weighted by molar-refractivity contribution is 0.623. The standard InChI is InChI=1S/C14H14ClFN2/c1-9-5-6-18-8-11(9)14(17-2)10-3-4-13(16)12(15)7-10/h3-8,14,17H,1-2H3. The molecule has 2 rings (SSSR count). The normalized spacial score (nSPS) is 12.4. The van der Waals surface area contributed by atoms with E-state index in [2.05, 4.69) is 10.3 Å². The van der Waals surface area contributed by atoms with Gasteiger partial charge in [0.05, 0.1) is 11.1 Å². The van der Waals surface area contributed by atoms with Gasteiger partial charge < -0.3 is 5.32 Å². The summed E-state index contributed by atoms with van der Waals surface area (Å²) in [4.78, 5) is 4.13. The highest BCUT2D eigenvalue weighted by molar-refractivity contribution is 6.30. The molecule has 94 valence electrons. The van der Waals surface area contributed by atoms with Crippen molar-refractivity contribution in [1.29, 1.82) is 0 Å². The number of aromatic nitrogens is 1. The summed E-state index contributed by atoms with van der Waals surface area (Å²) < 4.78 is 13.2. The van der Waals surface area contributed by atoms with Crippen LogP contribution in [0.5, 0.6) is 0 Å². The van der Waals surface area contributed by atoms with Crippen molar-refractivity contribution in [3.05, 3.63) is 64.2 Å². The first kappa shape index (κ1) is 13.0. The first-order chi connectivity index (χ1) is 8.63. The summed E-state index contributed by atoms with van der Waals surface area (Å²) in [6.45, 7) is 2.02. The van der Waals surface area contributed by atoms with Crippen LogP contribution in [0.4, 0.5) is 4.39 Å². The number of nitrogens with zero attached hydrogens (tertiary/aromatic N) is 1. The Kier molecular flexibility index (Phi) is 3.94. The summed E-state index contributed by atoms with van der Waals surface area (Å²) in [7, 11) is 1.86. The van der Waals surface area contributed by atoms with Gasteiger partial charge in [-0.3, -0.25) is 4.98 Å². The van der Waals surface area contributed by atoms with Crippen molar-refractivity contribution < 1.29 is 4.39 Å². The van der Waals surface area contributed by atoms with Crippen molar-refractivity contribution in [2.45, 2.75) is 13.0 Å². The van der Waals surface area contributed by atoms with Crippen LogP contribution in [0.1, 0.15) is 22.7 Å². The first-order valence-corrected chi connectivity index (χ1v) is 6.04. The van der Waals surface area contributed by atoms with Crippen LogP contribution in [0.2, 0.25) is 5.02 Å². The largest absolute Gasteiger partial charge is 0.309 e. The molecule has 0 aliphatic heterocycles. The zero-order chi connectivity index (χ0) is 13.1. The maximum absolute atomic E-state index is 13.2. The zero-order valence-electron chi connectivity index (χ0n) is 10.2. The molecule has 0 spiro atoms. The van der Waals surface area contributed by atoms with E-state index in [0.717, 1.165) is 16.7 Å². The van der Waals surface area contributed by atoms with E-state index in [1.165, 1.54) is 6.07 Å². The lowest BCUT2D eigenvalue weighted by Gasteiger charge is -2.19. The van der Waals surface area contributed by atoms with Gasteiger partial charge in [-0.25, -0.2) is 4.39 Å². The van der Waals surface area contributed by atoms with Gasteiger partial charge in [-0.2, -0.15) is 0 Å². The molecule has 1 heterocycles. The van der Waals surface area contributed by atoms with Crippen molar-refractivity contribution in [2.75, 3.05) is 7.05 Å². The van der Waals surface area contributed by atoms with Crippen LogP contribution >= 0.6 is 11.6 Å². The van der Waals surface area contributed by atoms with E-state index in [9.17, 15) is 4.39 Å². The molecule has 0 bridgehead atoms. The maximum atomic E-state index is 13.2. The molecule has 0 radical (unpaired) electrons. The number of nitrogens with one attached hydrogen (secondary N) is 1. The number of rotatable bonds is 3. The molecule has 1 atom stereocenters. The summed E-state index contributed by atoms with van der Waals surface area (Å²) >= 11 is 5.82. The van der Waals surface area contributed by atoms with E-state index in [-0.39, 0.29) is 11.1 Å². The van der Waals surface area contributed by atoms with E-state index in [4.69, 9.17) is 11.6 Å². The third kappa shape index (κ3) is 2.52. The Labute approximate surface area is 111 Å². The molecule has 0 saturated heterocycles. The van der Waals surface area contributed by atoms with Crippen molar-refractivity contribution in [3.63, 3.8) is 0 Å². The quantitative estimate of drug-likeness (QED) is 0.918. The Morgan fingerprint density at radius 1 is 1.33 bits per heavy atom. The van der Waals surface area contributed by atoms with Crippen LogP contribution in [0.25, 0.3) is 0 Å². The van der Waals surface area contributed by atoms with Crippen molar-refractivity contribution in [2.24, 2.45) is 0 Å². The fourth-order valence-electron chi connectivity index (χ4n) is 1.97. The predicted molar refractivity (Wildman–Crippen MR) is 71.3 cm³/mol. The molecular weight excluding hydrogens is 251 g/mol. The molecule has 2 aromatic rings. The maximum Gasteiger partial charge on any atom is 0.141 e. The van der Waals surface area contributed by atoms with E-state index < -0.39 is 5.82 Å². The minimum Gasteiger partial charge on any atom is -0.309 e. The number of halogens is 2. The number of pyridine rings is 1. The first-order valence-electron chi connectivity index (χ1n) is 5.66. The van der Waals surface area contributed by atoms with Crippen LogP contribution < -0.4 is 5.32 Å². The molecule has 0 aliphatic rings. The summed E-state index contributed by atoms with van der Waals surface area (Å²) in [6.07, 6.45) is 3.57. The Bertz CT molecular complexity index is 557. The second-order valence-corrected chi connectivity index (χ2v) is 4.53. The molecule has 4 heteroatoms. The number of hydrogen-bond acceptors (Lipinski definition) is 2. The molecule has 0 amide bonds. The molecule has 1 N–H and O–H groups in total. The lowest BCUT2D eigenvalue weighted by atomic mass is 9.97. The minimum atomic E-state index is -0.404. The molecule has 0 fully saturated rings. The van der Waals surface area contributed by atoms with Crippen LogP contribution in [-0.4, -0.2) is 12.0 Å². The number of aryl methyl sites for hydroxylation is 1. The Morgan fingerprint density at radius 2 is 2.11 bits per heavy atom. The molecule has 0 saturated carbocycles. The number of hydrogen-bond donors (Lipinski definition) is 1. The van der Waals surface area contributed by atoms with Crippen LogP contribution in [0.3, 0.4) is 0 Å². The van der Waals surface area contributed by atoms with Crippen LogP contribution in [0.15, 0.2) is 36.7 Å². The number of benzene rings is 1. The van der Waals surface area contributed by atoms with Gasteiger partial charge in [-0.1, -0.05) is 17.7 Å². The molecule has 1 aromatic heterocycles. The Balaban J connectivity index is 2.45.